The quantitative estimate of drug-likeness (QED) is 0.125. The summed E-state index contributed by atoms with van der Waals surface area (Å²) < 4.78 is 6.78. The van der Waals surface area contributed by atoms with E-state index in [0.717, 1.165) is 33.1 Å². The Morgan fingerprint density at radius 3 is 1.22 bits per heavy atom. The summed E-state index contributed by atoms with van der Waals surface area (Å²) in [5.41, 5.74) is 13.7. The molecule has 0 aliphatic heterocycles. The average molecular weight is 799 g/mol. The topological polar surface area (TPSA) is 13.1 Å². The largest absolute Gasteiger partial charge is 0.456 e. The van der Waals surface area contributed by atoms with Crippen molar-refractivity contribution < 1.29 is 4.42 Å². The van der Waals surface area contributed by atoms with Crippen LogP contribution in [0.25, 0.3) is 131 Å². The monoisotopic (exact) mass is 798 g/mol. The first-order valence-electron chi connectivity index (χ1n) is 21.8. The summed E-state index contributed by atoms with van der Waals surface area (Å²) in [5.74, 6) is 0. The van der Waals surface area contributed by atoms with Crippen LogP contribution in [0.5, 0.6) is 0 Å². The van der Waals surface area contributed by atoms with Crippen molar-refractivity contribution in [3.05, 3.63) is 231 Å². The van der Waals surface area contributed by atoms with Gasteiger partial charge in [-0.25, -0.2) is 0 Å². The maximum absolute atomic E-state index is 6.78. The zero-order valence-electron chi connectivity index (χ0n) is 34.3. The third-order valence-corrected chi connectivity index (χ3v) is 13.2. The summed E-state index contributed by atoms with van der Waals surface area (Å²) in [4.78, 5) is 0. The minimum absolute atomic E-state index is 0.878. The lowest BCUT2D eigenvalue weighted by Crippen LogP contribution is -1.96. The number of benzene rings is 12. The molecule has 1 heteroatoms. The summed E-state index contributed by atoms with van der Waals surface area (Å²) in [6, 6.07) is 84.3. The van der Waals surface area contributed by atoms with E-state index in [1.807, 2.05) is 0 Å². The molecule has 292 valence electrons. The van der Waals surface area contributed by atoms with Crippen LogP contribution in [0.3, 0.4) is 0 Å². The van der Waals surface area contributed by atoms with Gasteiger partial charge in [-0.2, -0.15) is 0 Å². The molecule has 1 heterocycles. The number of hydrogen-bond acceptors (Lipinski definition) is 1. The second-order valence-electron chi connectivity index (χ2n) is 16.6. The van der Waals surface area contributed by atoms with Crippen molar-refractivity contribution in [1.29, 1.82) is 0 Å². The molecule has 12 aromatic carbocycles. The number of furan rings is 1. The molecule has 0 saturated heterocycles. The highest BCUT2D eigenvalue weighted by molar-refractivity contribution is 6.34. The maximum Gasteiger partial charge on any atom is 0.136 e. The minimum atomic E-state index is 0.878. The number of fused-ring (bicyclic) bond motifs is 11. The Hall–Kier alpha value is -8.26. The zero-order valence-corrected chi connectivity index (χ0v) is 34.3. The molecule has 0 fully saturated rings. The molecule has 1 nitrogen and oxygen atoms in total. The predicted octanol–water partition coefficient (Wildman–Crippen LogP) is 17.7. The Labute approximate surface area is 364 Å². The Morgan fingerprint density at radius 2 is 0.651 bits per heavy atom. The van der Waals surface area contributed by atoms with Gasteiger partial charge in [0.2, 0.25) is 0 Å². The van der Waals surface area contributed by atoms with Gasteiger partial charge in [-0.3, -0.25) is 0 Å². The van der Waals surface area contributed by atoms with Crippen molar-refractivity contribution in [3.8, 4) is 55.6 Å². The first kappa shape index (κ1) is 35.5. The Kier molecular flexibility index (Phi) is 7.98. The first-order chi connectivity index (χ1) is 31.3. The van der Waals surface area contributed by atoms with Gasteiger partial charge < -0.3 is 4.42 Å². The van der Waals surface area contributed by atoms with Gasteiger partial charge in [0.15, 0.2) is 0 Å². The standard InChI is InChI=1S/C62H38O/c1-4-19-39(20-5-1)42-33-18-34-56-59(42)55-37-54(53(38-57(55)63-56)41-23-8-3-9-24-41)58-48-29-14-16-31-50(48)61(51-32-17-15-30-49(51)58)62-43(40-21-6-2-7-22-40)35-36-52-46-27-11-10-25-44(46)45-26-12-13-28-47(45)60(52)62/h1-38H. The van der Waals surface area contributed by atoms with Crippen molar-refractivity contribution in [2.45, 2.75) is 0 Å². The Morgan fingerprint density at radius 1 is 0.206 bits per heavy atom. The van der Waals surface area contributed by atoms with E-state index in [0.29, 0.717) is 0 Å². The average Bonchev–Trinajstić information content (AvgIpc) is 3.73. The summed E-state index contributed by atoms with van der Waals surface area (Å²) in [5, 5.41) is 14.7. The second kappa shape index (κ2) is 14.2. The van der Waals surface area contributed by atoms with E-state index in [9.17, 15) is 0 Å². The van der Waals surface area contributed by atoms with Crippen LogP contribution in [0.1, 0.15) is 0 Å². The van der Waals surface area contributed by atoms with Crippen molar-refractivity contribution in [3.63, 3.8) is 0 Å². The molecule has 0 unspecified atom stereocenters. The SMILES string of the molecule is c1ccc(-c2cc3oc4cccc(-c5ccccc5)c4c3cc2-c2c3ccccc3c(-c3c(-c4ccccc4)ccc4c5ccccc5c5ccccc5c34)c3ccccc23)cc1. The second-order valence-corrected chi connectivity index (χ2v) is 16.6. The fourth-order valence-electron chi connectivity index (χ4n) is 10.6. The highest BCUT2D eigenvalue weighted by Crippen LogP contribution is 2.53. The third-order valence-electron chi connectivity index (χ3n) is 13.2. The van der Waals surface area contributed by atoms with E-state index in [1.54, 1.807) is 0 Å². The van der Waals surface area contributed by atoms with Crippen molar-refractivity contribution >= 4 is 75.8 Å². The summed E-state index contributed by atoms with van der Waals surface area (Å²) >= 11 is 0. The molecule has 13 rings (SSSR count). The van der Waals surface area contributed by atoms with E-state index in [1.165, 1.54) is 98.4 Å². The Bertz CT molecular complexity index is 3840. The van der Waals surface area contributed by atoms with E-state index in [2.05, 4.69) is 231 Å². The molecule has 0 atom stereocenters. The summed E-state index contributed by atoms with van der Waals surface area (Å²) in [6.07, 6.45) is 0. The van der Waals surface area contributed by atoms with E-state index >= 15 is 0 Å². The van der Waals surface area contributed by atoms with Crippen LogP contribution in [-0.2, 0) is 0 Å². The number of hydrogen-bond donors (Lipinski definition) is 0. The molecule has 13 aromatic rings. The highest BCUT2D eigenvalue weighted by Gasteiger charge is 2.25. The van der Waals surface area contributed by atoms with E-state index in [-0.39, 0.29) is 0 Å². The van der Waals surface area contributed by atoms with Crippen LogP contribution in [0.4, 0.5) is 0 Å². The van der Waals surface area contributed by atoms with Gasteiger partial charge in [-0.15, -0.1) is 0 Å². The van der Waals surface area contributed by atoms with Crippen LogP contribution in [0.2, 0.25) is 0 Å². The fraction of sp³-hybridized carbons (Fsp3) is 0. The molecule has 0 N–H and O–H groups in total. The van der Waals surface area contributed by atoms with Gasteiger partial charge in [-0.05, 0) is 128 Å². The van der Waals surface area contributed by atoms with Gasteiger partial charge in [-0.1, -0.05) is 212 Å². The van der Waals surface area contributed by atoms with Crippen molar-refractivity contribution in [1.82, 2.24) is 0 Å². The maximum atomic E-state index is 6.78. The van der Waals surface area contributed by atoms with Crippen LogP contribution < -0.4 is 0 Å². The lowest BCUT2D eigenvalue weighted by molar-refractivity contribution is 0.669. The summed E-state index contributed by atoms with van der Waals surface area (Å²) in [6.45, 7) is 0. The van der Waals surface area contributed by atoms with Crippen LogP contribution in [0, 0.1) is 0 Å². The van der Waals surface area contributed by atoms with Gasteiger partial charge in [0, 0.05) is 10.8 Å². The van der Waals surface area contributed by atoms with Gasteiger partial charge in [0.05, 0.1) is 0 Å². The lowest BCUT2D eigenvalue weighted by atomic mass is 9.79. The predicted molar refractivity (Wildman–Crippen MR) is 268 cm³/mol. The van der Waals surface area contributed by atoms with Crippen molar-refractivity contribution in [2.75, 3.05) is 0 Å². The smallest absolute Gasteiger partial charge is 0.136 e. The normalized spacial score (nSPS) is 11.8. The van der Waals surface area contributed by atoms with E-state index < -0.39 is 0 Å². The molecular weight excluding hydrogens is 761 g/mol. The van der Waals surface area contributed by atoms with Gasteiger partial charge >= 0.3 is 0 Å². The molecule has 0 amide bonds. The number of rotatable bonds is 5. The molecule has 0 radical (unpaired) electrons. The fourth-order valence-corrected chi connectivity index (χ4v) is 10.6. The molecule has 1 aromatic heterocycles. The lowest BCUT2D eigenvalue weighted by Gasteiger charge is -2.23. The van der Waals surface area contributed by atoms with Crippen LogP contribution in [0.15, 0.2) is 235 Å². The molecular formula is C62H38O. The molecule has 0 aliphatic carbocycles. The molecule has 63 heavy (non-hydrogen) atoms. The van der Waals surface area contributed by atoms with Crippen molar-refractivity contribution in [2.24, 2.45) is 0 Å². The molecule has 0 aliphatic rings. The third kappa shape index (κ3) is 5.43. The van der Waals surface area contributed by atoms with Gasteiger partial charge in [0.25, 0.3) is 0 Å². The highest BCUT2D eigenvalue weighted by atomic mass is 16.3. The van der Waals surface area contributed by atoms with Crippen LogP contribution >= 0.6 is 0 Å². The van der Waals surface area contributed by atoms with E-state index in [4.69, 9.17) is 4.42 Å². The molecule has 0 spiro atoms. The zero-order chi connectivity index (χ0) is 41.4. The molecule has 0 saturated carbocycles. The van der Waals surface area contributed by atoms with Crippen LogP contribution in [-0.4, -0.2) is 0 Å². The molecule has 0 bridgehead atoms. The minimum Gasteiger partial charge on any atom is -0.456 e. The van der Waals surface area contributed by atoms with Gasteiger partial charge in [0.1, 0.15) is 11.2 Å². The Balaban J connectivity index is 1.22. The summed E-state index contributed by atoms with van der Waals surface area (Å²) in [7, 11) is 0. The first-order valence-corrected chi connectivity index (χ1v) is 21.8.